The van der Waals surface area contributed by atoms with E-state index in [4.69, 9.17) is 9.47 Å². The summed E-state index contributed by atoms with van der Waals surface area (Å²) in [6, 6.07) is 8.12. The summed E-state index contributed by atoms with van der Waals surface area (Å²) < 4.78 is 37.8. The summed E-state index contributed by atoms with van der Waals surface area (Å²) in [5.41, 5.74) is 0. The first-order chi connectivity index (χ1) is 14.3. The van der Waals surface area contributed by atoms with Gasteiger partial charge >= 0.3 is 0 Å². The van der Waals surface area contributed by atoms with Crippen molar-refractivity contribution in [1.82, 2.24) is 19.2 Å². The summed E-state index contributed by atoms with van der Waals surface area (Å²) in [5, 5.41) is 2.61. The summed E-state index contributed by atoms with van der Waals surface area (Å²) in [4.78, 5) is 22.6. The summed E-state index contributed by atoms with van der Waals surface area (Å²) in [5.74, 6) is 0.299. The van der Waals surface area contributed by atoms with Crippen LogP contribution in [0.15, 0.2) is 39.7 Å². The Morgan fingerprint density at radius 3 is 2.30 bits per heavy atom. The van der Waals surface area contributed by atoms with Gasteiger partial charge in [0.1, 0.15) is 0 Å². The summed E-state index contributed by atoms with van der Waals surface area (Å²) in [6.07, 6.45) is 0. The lowest BCUT2D eigenvalue weighted by Crippen LogP contribution is -2.50. The van der Waals surface area contributed by atoms with Crippen LogP contribution >= 0.6 is 15.9 Å². The Labute approximate surface area is 183 Å². The highest BCUT2D eigenvalue weighted by molar-refractivity contribution is 9.10. The van der Waals surface area contributed by atoms with Crippen molar-refractivity contribution in [3.05, 3.63) is 34.8 Å². The summed E-state index contributed by atoms with van der Waals surface area (Å²) in [6.45, 7) is 1.55. The molecule has 3 rings (SSSR count). The average molecular weight is 500 g/mol. The molecular weight excluding hydrogens is 478 g/mol. The maximum absolute atomic E-state index is 12.8. The largest absolute Gasteiger partial charge is 0.481 e. The third-order valence-corrected chi connectivity index (χ3v) is 6.87. The molecule has 0 unspecified atom stereocenters. The van der Waals surface area contributed by atoms with Gasteiger partial charge in [0.25, 0.3) is 0 Å². The Kier molecular flexibility index (Phi) is 7.23. The quantitative estimate of drug-likeness (QED) is 0.604. The zero-order valence-corrected chi connectivity index (χ0v) is 18.9. The van der Waals surface area contributed by atoms with E-state index < -0.39 is 10.0 Å². The number of hydrogen-bond acceptors (Lipinski definition) is 8. The van der Waals surface area contributed by atoms with Crippen LogP contribution < -0.4 is 14.8 Å². The minimum Gasteiger partial charge on any atom is -0.481 e. The number of amides is 1. The summed E-state index contributed by atoms with van der Waals surface area (Å²) >= 11 is 3.30. The number of benzene rings is 1. The van der Waals surface area contributed by atoms with Gasteiger partial charge in [-0.25, -0.2) is 8.42 Å². The number of hydrogen-bond donors (Lipinski definition) is 1. The highest BCUT2D eigenvalue weighted by Gasteiger charge is 2.29. The molecule has 1 amide bonds. The molecule has 1 aromatic heterocycles. The molecule has 0 radical (unpaired) electrons. The topological polar surface area (TPSA) is 114 Å². The van der Waals surface area contributed by atoms with Gasteiger partial charge in [0, 0.05) is 30.7 Å². The number of carbonyl (C=O) groups is 1. The van der Waals surface area contributed by atoms with Crippen LogP contribution in [0, 0.1) is 0 Å². The number of anilines is 1. The number of methoxy groups -OCH3 is 2. The molecule has 0 spiro atoms. The molecule has 1 fully saturated rings. The van der Waals surface area contributed by atoms with Crippen LogP contribution in [0.5, 0.6) is 11.8 Å². The molecule has 10 nitrogen and oxygen atoms in total. The van der Waals surface area contributed by atoms with E-state index >= 15 is 0 Å². The number of halogens is 1. The predicted octanol–water partition coefficient (Wildman–Crippen LogP) is 1.20. The molecule has 30 heavy (non-hydrogen) atoms. The van der Waals surface area contributed by atoms with Crippen molar-refractivity contribution in [3.8, 4) is 11.8 Å². The molecular formula is C18H22BrN5O5S. The molecule has 2 aromatic rings. The Bertz CT molecular complexity index is 990. The Morgan fingerprint density at radius 1 is 1.10 bits per heavy atom. The van der Waals surface area contributed by atoms with Gasteiger partial charge in [-0.15, -0.1) is 0 Å². The normalized spacial score (nSPS) is 15.6. The number of piperazine rings is 1. The fraction of sp³-hybridized carbons (Fsp3) is 0.389. The molecule has 1 saturated heterocycles. The third kappa shape index (κ3) is 5.45. The maximum atomic E-state index is 12.8. The van der Waals surface area contributed by atoms with E-state index in [9.17, 15) is 13.2 Å². The van der Waals surface area contributed by atoms with Gasteiger partial charge in [-0.3, -0.25) is 15.0 Å². The van der Waals surface area contributed by atoms with Crippen molar-refractivity contribution in [2.45, 2.75) is 4.90 Å². The maximum Gasteiger partial charge on any atom is 0.243 e. The first-order valence-corrected chi connectivity index (χ1v) is 11.3. The van der Waals surface area contributed by atoms with Crippen LogP contribution in [0.2, 0.25) is 0 Å². The van der Waals surface area contributed by atoms with Gasteiger partial charge in [-0.2, -0.15) is 14.3 Å². The minimum atomic E-state index is -3.57. The zero-order valence-electron chi connectivity index (χ0n) is 16.5. The lowest BCUT2D eigenvalue weighted by Gasteiger charge is -2.33. The van der Waals surface area contributed by atoms with Gasteiger partial charge < -0.3 is 9.47 Å². The van der Waals surface area contributed by atoms with Crippen LogP contribution in [0.3, 0.4) is 0 Å². The highest BCUT2D eigenvalue weighted by Crippen LogP contribution is 2.21. The molecule has 1 aliphatic heterocycles. The molecule has 0 bridgehead atoms. The molecule has 1 N–H and O–H groups in total. The molecule has 1 aromatic carbocycles. The lowest BCUT2D eigenvalue weighted by atomic mass is 10.3. The van der Waals surface area contributed by atoms with E-state index in [1.165, 1.54) is 24.6 Å². The Balaban J connectivity index is 1.56. The molecule has 0 saturated carbocycles. The second kappa shape index (κ2) is 9.69. The average Bonchev–Trinajstić information content (AvgIpc) is 2.73. The molecule has 0 aliphatic carbocycles. The third-order valence-electron chi connectivity index (χ3n) is 4.48. The van der Waals surface area contributed by atoms with Crippen LogP contribution in [-0.4, -0.2) is 80.4 Å². The molecule has 0 atom stereocenters. The molecule has 162 valence electrons. The van der Waals surface area contributed by atoms with Crippen molar-refractivity contribution < 1.29 is 22.7 Å². The number of nitrogens with one attached hydrogen (secondary N) is 1. The van der Waals surface area contributed by atoms with Crippen molar-refractivity contribution >= 4 is 37.8 Å². The fourth-order valence-electron chi connectivity index (χ4n) is 2.94. The minimum absolute atomic E-state index is 0.0760. The lowest BCUT2D eigenvalue weighted by molar-refractivity contribution is -0.117. The monoisotopic (exact) mass is 499 g/mol. The Morgan fingerprint density at radius 2 is 1.73 bits per heavy atom. The van der Waals surface area contributed by atoms with Crippen molar-refractivity contribution in [1.29, 1.82) is 0 Å². The SMILES string of the molecule is COc1cc(OC)nc(NC(=O)CN2CCN(S(=O)(=O)c3cccc(Br)c3)CC2)n1. The van der Waals surface area contributed by atoms with Crippen LogP contribution in [0.25, 0.3) is 0 Å². The van der Waals surface area contributed by atoms with E-state index in [-0.39, 0.29) is 35.1 Å². The van der Waals surface area contributed by atoms with E-state index in [1.54, 1.807) is 24.3 Å². The van der Waals surface area contributed by atoms with Crippen molar-refractivity contribution in [2.24, 2.45) is 0 Å². The van der Waals surface area contributed by atoms with Gasteiger partial charge in [0.2, 0.25) is 33.6 Å². The first-order valence-electron chi connectivity index (χ1n) is 9.07. The Hall–Kier alpha value is -2.28. The zero-order chi connectivity index (χ0) is 21.7. The fourth-order valence-corrected chi connectivity index (χ4v) is 4.96. The predicted molar refractivity (Wildman–Crippen MR) is 113 cm³/mol. The van der Waals surface area contributed by atoms with E-state index in [2.05, 4.69) is 31.2 Å². The molecule has 1 aliphatic rings. The smallest absolute Gasteiger partial charge is 0.243 e. The van der Waals surface area contributed by atoms with Crippen molar-refractivity contribution in [3.63, 3.8) is 0 Å². The second-order valence-corrected chi connectivity index (χ2v) is 9.32. The van der Waals surface area contributed by atoms with E-state index in [0.29, 0.717) is 30.7 Å². The number of rotatable bonds is 7. The van der Waals surface area contributed by atoms with Crippen LogP contribution in [0.4, 0.5) is 5.95 Å². The van der Waals surface area contributed by atoms with Gasteiger partial charge in [0.15, 0.2) is 0 Å². The second-order valence-electron chi connectivity index (χ2n) is 6.46. The molecule has 2 heterocycles. The van der Waals surface area contributed by atoms with Crippen LogP contribution in [-0.2, 0) is 14.8 Å². The van der Waals surface area contributed by atoms with Gasteiger partial charge in [0.05, 0.1) is 31.7 Å². The number of nitrogens with zero attached hydrogens (tertiary/aromatic N) is 4. The summed E-state index contributed by atoms with van der Waals surface area (Å²) in [7, 11) is -0.665. The highest BCUT2D eigenvalue weighted by atomic mass is 79.9. The first kappa shape index (κ1) is 22.4. The van der Waals surface area contributed by atoms with E-state index in [0.717, 1.165) is 0 Å². The van der Waals surface area contributed by atoms with Crippen molar-refractivity contribution in [2.75, 3.05) is 52.3 Å². The standard InChI is InChI=1S/C18H22BrN5O5S/c1-28-16-11-17(29-2)22-18(21-16)20-15(25)12-23-6-8-24(9-7-23)30(26,27)14-5-3-4-13(19)10-14/h3-5,10-11H,6-9,12H2,1-2H3,(H,20,21,22,25). The van der Waals surface area contributed by atoms with Gasteiger partial charge in [-0.05, 0) is 18.2 Å². The number of carbonyl (C=O) groups excluding carboxylic acids is 1. The number of ether oxygens (including phenoxy) is 2. The number of aromatic nitrogens is 2. The van der Waals surface area contributed by atoms with E-state index in [1.807, 2.05) is 4.90 Å². The molecule has 12 heteroatoms. The number of sulfonamides is 1. The van der Waals surface area contributed by atoms with Gasteiger partial charge in [-0.1, -0.05) is 22.0 Å². The van der Waals surface area contributed by atoms with Crippen LogP contribution in [0.1, 0.15) is 0 Å².